The molecule has 2 nitrogen and oxygen atoms in total. The summed E-state index contributed by atoms with van der Waals surface area (Å²) in [5, 5.41) is 0. The Morgan fingerprint density at radius 1 is 1.33 bits per heavy atom. The highest BCUT2D eigenvalue weighted by atomic mass is 16.5. The zero-order valence-electron chi connectivity index (χ0n) is 10.1. The maximum Gasteiger partial charge on any atom is 0.164 e. The largest absolute Gasteiger partial charge is 0.368 e. The number of terminal acetylenes is 1. The van der Waals surface area contributed by atoms with E-state index in [0.29, 0.717) is 19.4 Å². The van der Waals surface area contributed by atoms with Crippen LogP contribution in [0.3, 0.4) is 0 Å². The van der Waals surface area contributed by atoms with Gasteiger partial charge in [0.2, 0.25) is 0 Å². The molecule has 0 saturated carbocycles. The van der Waals surface area contributed by atoms with E-state index in [9.17, 15) is 4.79 Å². The molecule has 86 valence electrons. The molecule has 0 aromatic heterocycles. The summed E-state index contributed by atoms with van der Waals surface area (Å²) in [5.74, 6) is 2.75. The summed E-state index contributed by atoms with van der Waals surface area (Å²) in [6, 6.07) is 0. The van der Waals surface area contributed by atoms with Crippen molar-refractivity contribution >= 4 is 5.78 Å². The second-order valence-corrected chi connectivity index (χ2v) is 3.62. The number of ether oxygens (including phenoxy) is 1. The lowest BCUT2D eigenvalue weighted by atomic mass is 9.89. The maximum atomic E-state index is 12.0. The minimum atomic E-state index is -0.566. The summed E-state index contributed by atoms with van der Waals surface area (Å²) in [5.41, 5.74) is -0.566. The minimum Gasteiger partial charge on any atom is -0.368 e. The average molecular weight is 210 g/mol. The molecule has 2 heteroatoms. The van der Waals surface area contributed by atoms with Crippen LogP contribution in [0.15, 0.2) is 0 Å². The summed E-state index contributed by atoms with van der Waals surface area (Å²) in [4.78, 5) is 12.0. The fraction of sp³-hybridized carbons (Fsp3) is 0.769. The third-order valence-corrected chi connectivity index (χ3v) is 2.80. The van der Waals surface area contributed by atoms with Crippen LogP contribution in [-0.4, -0.2) is 18.0 Å². The molecule has 0 aliphatic carbocycles. The lowest BCUT2D eigenvalue weighted by Crippen LogP contribution is -2.40. The quantitative estimate of drug-likeness (QED) is 0.455. The van der Waals surface area contributed by atoms with Crippen molar-refractivity contribution in [3.63, 3.8) is 0 Å². The first-order valence-electron chi connectivity index (χ1n) is 5.77. The van der Waals surface area contributed by atoms with Gasteiger partial charge >= 0.3 is 0 Å². The van der Waals surface area contributed by atoms with Gasteiger partial charge in [-0.25, -0.2) is 0 Å². The van der Waals surface area contributed by atoms with Crippen molar-refractivity contribution in [2.45, 2.75) is 58.5 Å². The fourth-order valence-corrected chi connectivity index (χ4v) is 1.78. The van der Waals surface area contributed by atoms with Gasteiger partial charge in [-0.1, -0.05) is 13.8 Å². The number of Topliss-reactive ketones (excluding diaryl/α,β-unsaturated/α-hetero) is 1. The lowest BCUT2D eigenvalue weighted by molar-refractivity contribution is -0.145. The molecule has 15 heavy (non-hydrogen) atoms. The van der Waals surface area contributed by atoms with Gasteiger partial charge in [0.25, 0.3) is 0 Å². The van der Waals surface area contributed by atoms with E-state index in [4.69, 9.17) is 11.2 Å². The normalized spacial score (nSPS) is 11.1. The zero-order valence-corrected chi connectivity index (χ0v) is 10.1. The molecule has 0 radical (unpaired) electrons. The Labute approximate surface area is 93.4 Å². The Morgan fingerprint density at radius 3 is 2.33 bits per heavy atom. The van der Waals surface area contributed by atoms with Gasteiger partial charge < -0.3 is 4.74 Å². The molecule has 0 N–H and O–H groups in total. The molecule has 0 aliphatic rings. The highest BCUT2D eigenvalue weighted by Gasteiger charge is 2.34. The average Bonchev–Trinajstić information content (AvgIpc) is 2.26. The van der Waals surface area contributed by atoms with Crippen LogP contribution in [0.1, 0.15) is 52.9 Å². The third-order valence-electron chi connectivity index (χ3n) is 2.80. The molecule has 0 spiro atoms. The highest BCUT2D eigenvalue weighted by Crippen LogP contribution is 2.24. The van der Waals surface area contributed by atoms with Crippen LogP contribution in [0.4, 0.5) is 0 Å². The van der Waals surface area contributed by atoms with Gasteiger partial charge in [0, 0.05) is 19.4 Å². The summed E-state index contributed by atoms with van der Waals surface area (Å²) < 4.78 is 5.62. The molecule has 0 bridgehead atoms. The first-order valence-corrected chi connectivity index (χ1v) is 5.77. The van der Waals surface area contributed by atoms with Crippen LogP contribution in [0.2, 0.25) is 0 Å². The topological polar surface area (TPSA) is 26.3 Å². The van der Waals surface area contributed by atoms with Gasteiger partial charge in [0.05, 0.1) is 0 Å². The summed E-state index contributed by atoms with van der Waals surface area (Å²) in [6.45, 7) is 6.51. The smallest absolute Gasteiger partial charge is 0.164 e. The van der Waals surface area contributed by atoms with Gasteiger partial charge in [-0.2, -0.15) is 0 Å². The zero-order chi connectivity index (χ0) is 11.7. The number of ketones is 1. The standard InChI is InChI=1S/C13H22O2/c1-5-9-10-11-12(14)13(6-2,7-3)15-8-4/h1H,6-11H2,2-4H3. The second kappa shape index (κ2) is 7.48. The number of hydrogen-bond acceptors (Lipinski definition) is 2. The van der Waals surface area contributed by atoms with Crippen molar-refractivity contribution in [3.8, 4) is 12.3 Å². The van der Waals surface area contributed by atoms with Crippen LogP contribution in [0.5, 0.6) is 0 Å². The number of hydrogen-bond donors (Lipinski definition) is 0. The molecule has 0 aromatic rings. The van der Waals surface area contributed by atoms with Gasteiger partial charge in [-0.3, -0.25) is 4.79 Å². The van der Waals surface area contributed by atoms with E-state index in [1.54, 1.807) is 0 Å². The lowest BCUT2D eigenvalue weighted by Gasteiger charge is -2.29. The molecular formula is C13H22O2. The Bertz CT molecular complexity index is 221. The Morgan fingerprint density at radius 2 is 1.93 bits per heavy atom. The molecular weight excluding hydrogens is 188 g/mol. The van der Waals surface area contributed by atoms with Gasteiger partial charge in [0.15, 0.2) is 5.78 Å². The van der Waals surface area contributed by atoms with Crippen LogP contribution >= 0.6 is 0 Å². The van der Waals surface area contributed by atoms with E-state index >= 15 is 0 Å². The van der Waals surface area contributed by atoms with Crippen LogP contribution in [-0.2, 0) is 9.53 Å². The van der Waals surface area contributed by atoms with Gasteiger partial charge in [0.1, 0.15) is 5.60 Å². The monoisotopic (exact) mass is 210 g/mol. The van der Waals surface area contributed by atoms with E-state index in [0.717, 1.165) is 19.3 Å². The molecule has 0 rings (SSSR count). The van der Waals surface area contributed by atoms with Crippen LogP contribution < -0.4 is 0 Å². The molecule has 0 saturated heterocycles. The van der Waals surface area contributed by atoms with Crippen molar-refractivity contribution in [2.75, 3.05) is 6.61 Å². The first kappa shape index (κ1) is 14.2. The SMILES string of the molecule is C#CCCCC(=O)C(CC)(CC)OCC. The summed E-state index contributed by atoms with van der Waals surface area (Å²) in [6.07, 6.45) is 8.61. The molecule has 0 fully saturated rings. The Hall–Kier alpha value is -0.810. The molecule has 0 amide bonds. The molecule has 0 atom stereocenters. The van der Waals surface area contributed by atoms with Crippen LogP contribution in [0, 0.1) is 12.3 Å². The molecule has 0 heterocycles. The summed E-state index contributed by atoms with van der Waals surface area (Å²) in [7, 11) is 0. The molecule has 0 unspecified atom stereocenters. The third kappa shape index (κ3) is 4.05. The fourth-order valence-electron chi connectivity index (χ4n) is 1.78. The van der Waals surface area contributed by atoms with E-state index < -0.39 is 5.60 Å². The Balaban J connectivity index is 4.34. The number of rotatable bonds is 8. The van der Waals surface area contributed by atoms with Gasteiger partial charge in [-0.05, 0) is 26.2 Å². The first-order chi connectivity index (χ1) is 7.16. The van der Waals surface area contributed by atoms with Crippen molar-refractivity contribution in [2.24, 2.45) is 0 Å². The Kier molecular flexibility index (Phi) is 7.07. The molecule has 0 aromatic carbocycles. The number of carbonyl (C=O) groups excluding carboxylic acids is 1. The predicted molar refractivity (Wildman–Crippen MR) is 62.6 cm³/mol. The van der Waals surface area contributed by atoms with Gasteiger partial charge in [-0.15, -0.1) is 12.3 Å². The van der Waals surface area contributed by atoms with Crippen molar-refractivity contribution in [1.29, 1.82) is 0 Å². The highest BCUT2D eigenvalue weighted by molar-refractivity contribution is 5.87. The summed E-state index contributed by atoms with van der Waals surface area (Å²) >= 11 is 0. The van der Waals surface area contributed by atoms with Crippen molar-refractivity contribution in [1.82, 2.24) is 0 Å². The number of unbranched alkanes of at least 4 members (excludes halogenated alkanes) is 1. The van der Waals surface area contributed by atoms with Crippen molar-refractivity contribution < 1.29 is 9.53 Å². The van der Waals surface area contributed by atoms with Crippen molar-refractivity contribution in [3.05, 3.63) is 0 Å². The predicted octanol–water partition coefficient (Wildman–Crippen LogP) is 2.95. The van der Waals surface area contributed by atoms with E-state index in [-0.39, 0.29) is 5.78 Å². The minimum absolute atomic E-state index is 0.199. The molecule has 0 aliphatic heterocycles. The number of carbonyl (C=O) groups is 1. The van der Waals surface area contributed by atoms with Crippen LogP contribution in [0.25, 0.3) is 0 Å². The van der Waals surface area contributed by atoms with E-state index in [1.807, 2.05) is 20.8 Å². The van der Waals surface area contributed by atoms with E-state index in [2.05, 4.69) is 5.92 Å². The van der Waals surface area contributed by atoms with E-state index in [1.165, 1.54) is 0 Å². The second-order valence-electron chi connectivity index (χ2n) is 3.62. The maximum absolute atomic E-state index is 12.0.